The number of nitrogens with one attached hydrogen (secondary N) is 1. The van der Waals surface area contributed by atoms with Gasteiger partial charge in [0.1, 0.15) is 6.61 Å². The first-order valence-electron chi connectivity index (χ1n) is 9.73. The molecule has 5 nitrogen and oxygen atoms in total. The number of piperazine rings is 1. The maximum Gasteiger partial charge on any atom is 0.409 e. The van der Waals surface area contributed by atoms with Gasteiger partial charge < -0.3 is 15.0 Å². The van der Waals surface area contributed by atoms with E-state index in [4.69, 9.17) is 4.74 Å². The highest BCUT2D eigenvalue weighted by atomic mass is 16.6. The molecule has 2 aromatic rings. The molecule has 0 aromatic heterocycles. The van der Waals surface area contributed by atoms with Gasteiger partial charge >= 0.3 is 6.09 Å². The van der Waals surface area contributed by atoms with Crippen LogP contribution in [-0.4, -0.2) is 68.8 Å². The predicted molar refractivity (Wildman–Crippen MR) is 107 cm³/mol. The van der Waals surface area contributed by atoms with E-state index in [1.165, 1.54) is 22.3 Å². The average Bonchev–Trinajstić information content (AvgIpc) is 3.03. The lowest BCUT2D eigenvalue weighted by Crippen LogP contribution is -2.45. The fourth-order valence-electron chi connectivity index (χ4n) is 4.11. The lowest BCUT2D eigenvalue weighted by Gasteiger charge is -2.27. The van der Waals surface area contributed by atoms with Crippen LogP contribution in [0.2, 0.25) is 0 Å². The van der Waals surface area contributed by atoms with E-state index in [1.54, 1.807) is 4.90 Å². The molecule has 2 aromatic carbocycles. The van der Waals surface area contributed by atoms with Crippen molar-refractivity contribution in [2.45, 2.75) is 5.92 Å². The molecular formula is C22H27N3O2. The van der Waals surface area contributed by atoms with E-state index in [1.807, 2.05) is 7.05 Å². The summed E-state index contributed by atoms with van der Waals surface area (Å²) in [5, 5.41) is 3.33. The van der Waals surface area contributed by atoms with Gasteiger partial charge in [0.15, 0.2) is 0 Å². The van der Waals surface area contributed by atoms with Gasteiger partial charge in [-0.1, -0.05) is 48.5 Å². The molecule has 4 rings (SSSR count). The number of rotatable bonds is 5. The molecule has 0 unspecified atom stereocenters. The number of carbonyl (C=O) groups excluding carboxylic acids is 1. The van der Waals surface area contributed by atoms with Gasteiger partial charge in [-0.15, -0.1) is 0 Å². The Kier molecular flexibility index (Phi) is 5.41. The van der Waals surface area contributed by atoms with Crippen LogP contribution < -0.4 is 5.32 Å². The smallest absolute Gasteiger partial charge is 0.409 e. The van der Waals surface area contributed by atoms with Crippen LogP contribution in [0.5, 0.6) is 0 Å². The summed E-state index contributed by atoms with van der Waals surface area (Å²) < 4.78 is 5.52. The van der Waals surface area contributed by atoms with Crippen molar-refractivity contribution < 1.29 is 9.53 Å². The molecule has 0 saturated carbocycles. The molecule has 1 amide bonds. The molecule has 1 saturated heterocycles. The third-order valence-electron chi connectivity index (χ3n) is 5.57. The number of carbonyl (C=O) groups is 1. The zero-order chi connectivity index (χ0) is 18.6. The topological polar surface area (TPSA) is 44.8 Å². The zero-order valence-corrected chi connectivity index (χ0v) is 15.9. The van der Waals surface area contributed by atoms with Crippen LogP contribution in [0, 0.1) is 0 Å². The number of ether oxygens (including phenoxy) is 1. The van der Waals surface area contributed by atoms with Crippen molar-refractivity contribution in [3.63, 3.8) is 0 Å². The molecule has 1 aliphatic heterocycles. The molecule has 2 aliphatic rings. The monoisotopic (exact) mass is 365 g/mol. The number of likely N-dealkylation sites (N-methyl/N-ethyl adjacent to an activating group) is 1. The third-order valence-corrected chi connectivity index (χ3v) is 5.57. The summed E-state index contributed by atoms with van der Waals surface area (Å²) in [6, 6.07) is 17.0. The van der Waals surface area contributed by atoms with Gasteiger partial charge in [-0.2, -0.15) is 0 Å². The SMILES string of the molecule is CN(CC1c2ccccc2-c2ccccc21)C(=O)OCCN1CCNCC1. The molecule has 0 spiro atoms. The first kappa shape index (κ1) is 18.0. The van der Waals surface area contributed by atoms with Crippen molar-refractivity contribution in [1.82, 2.24) is 15.1 Å². The van der Waals surface area contributed by atoms with Gasteiger partial charge in [0, 0.05) is 52.2 Å². The normalized spacial score (nSPS) is 16.6. The summed E-state index contributed by atoms with van der Waals surface area (Å²) in [7, 11) is 1.83. The largest absolute Gasteiger partial charge is 0.448 e. The fraction of sp³-hybridized carbons (Fsp3) is 0.409. The number of fused-ring (bicyclic) bond motifs is 3. The highest BCUT2D eigenvalue weighted by molar-refractivity contribution is 5.79. The van der Waals surface area contributed by atoms with Gasteiger partial charge in [0.2, 0.25) is 0 Å². The van der Waals surface area contributed by atoms with E-state index in [-0.39, 0.29) is 12.0 Å². The Labute approximate surface area is 160 Å². The Balaban J connectivity index is 1.37. The Hall–Kier alpha value is -2.37. The van der Waals surface area contributed by atoms with Crippen LogP contribution in [-0.2, 0) is 4.74 Å². The van der Waals surface area contributed by atoms with Gasteiger partial charge in [0.25, 0.3) is 0 Å². The summed E-state index contributed by atoms with van der Waals surface area (Å²) in [6.07, 6.45) is -0.244. The van der Waals surface area contributed by atoms with Crippen LogP contribution in [0.1, 0.15) is 17.0 Å². The number of amides is 1. The number of benzene rings is 2. The Morgan fingerprint density at radius 3 is 2.30 bits per heavy atom. The molecule has 27 heavy (non-hydrogen) atoms. The number of hydrogen-bond donors (Lipinski definition) is 1. The van der Waals surface area contributed by atoms with Crippen LogP contribution in [0.4, 0.5) is 4.79 Å². The summed E-state index contributed by atoms with van der Waals surface area (Å²) in [5.74, 6) is 0.197. The van der Waals surface area contributed by atoms with E-state index >= 15 is 0 Å². The molecule has 1 aliphatic carbocycles. The van der Waals surface area contributed by atoms with Crippen LogP contribution in [0.15, 0.2) is 48.5 Å². The van der Waals surface area contributed by atoms with Crippen molar-refractivity contribution in [2.75, 3.05) is 52.9 Å². The summed E-state index contributed by atoms with van der Waals surface area (Å²) in [5.41, 5.74) is 5.13. The second-order valence-corrected chi connectivity index (χ2v) is 7.31. The molecule has 0 atom stereocenters. The first-order chi connectivity index (χ1) is 13.2. The van der Waals surface area contributed by atoms with Crippen molar-refractivity contribution >= 4 is 6.09 Å². The van der Waals surface area contributed by atoms with Crippen LogP contribution in [0.25, 0.3) is 11.1 Å². The second-order valence-electron chi connectivity index (χ2n) is 7.31. The quantitative estimate of drug-likeness (QED) is 0.885. The summed E-state index contributed by atoms with van der Waals surface area (Å²) in [4.78, 5) is 16.5. The van der Waals surface area contributed by atoms with E-state index in [9.17, 15) is 4.79 Å². The minimum absolute atomic E-state index is 0.197. The Bertz CT molecular complexity index is 756. The van der Waals surface area contributed by atoms with Crippen molar-refractivity contribution in [3.05, 3.63) is 59.7 Å². The minimum Gasteiger partial charge on any atom is -0.448 e. The first-order valence-corrected chi connectivity index (χ1v) is 9.73. The summed E-state index contributed by atoms with van der Waals surface area (Å²) in [6.45, 7) is 5.92. The van der Waals surface area contributed by atoms with Gasteiger partial charge in [-0.05, 0) is 22.3 Å². The van der Waals surface area contributed by atoms with E-state index < -0.39 is 0 Å². The lowest BCUT2D eigenvalue weighted by atomic mass is 9.96. The Morgan fingerprint density at radius 1 is 1.07 bits per heavy atom. The molecular weight excluding hydrogens is 338 g/mol. The van der Waals surface area contributed by atoms with Crippen molar-refractivity contribution in [1.29, 1.82) is 0 Å². The molecule has 0 bridgehead atoms. The molecule has 5 heteroatoms. The van der Waals surface area contributed by atoms with Crippen molar-refractivity contribution in [2.24, 2.45) is 0 Å². The highest BCUT2D eigenvalue weighted by Gasteiger charge is 2.30. The van der Waals surface area contributed by atoms with E-state index in [0.29, 0.717) is 13.2 Å². The zero-order valence-electron chi connectivity index (χ0n) is 15.9. The second kappa shape index (κ2) is 8.11. The van der Waals surface area contributed by atoms with Gasteiger partial charge in [-0.3, -0.25) is 4.90 Å². The maximum atomic E-state index is 12.5. The van der Waals surface area contributed by atoms with Crippen LogP contribution >= 0.6 is 0 Å². The predicted octanol–water partition coefficient (Wildman–Crippen LogP) is 2.77. The van der Waals surface area contributed by atoms with Gasteiger partial charge in [-0.25, -0.2) is 4.79 Å². The van der Waals surface area contributed by atoms with Gasteiger partial charge in [0.05, 0.1) is 0 Å². The minimum atomic E-state index is -0.244. The average molecular weight is 365 g/mol. The standard InChI is InChI=1S/C22H27N3O2/c1-24(22(26)27-15-14-25-12-10-23-11-13-25)16-21-19-8-4-2-6-17(19)18-7-3-5-9-20(18)21/h2-9,21,23H,10-16H2,1H3. The maximum absolute atomic E-state index is 12.5. The Morgan fingerprint density at radius 2 is 1.67 bits per heavy atom. The van der Waals surface area contributed by atoms with E-state index in [2.05, 4.69) is 58.7 Å². The molecule has 142 valence electrons. The molecule has 1 fully saturated rings. The summed E-state index contributed by atoms with van der Waals surface area (Å²) >= 11 is 0. The fourth-order valence-corrected chi connectivity index (χ4v) is 4.11. The number of nitrogens with zero attached hydrogens (tertiary/aromatic N) is 2. The van der Waals surface area contributed by atoms with Crippen molar-refractivity contribution in [3.8, 4) is 11.1 Å². The third kappa shape index (κ3) is 3.84. The lowest BCUT2D eigenvalue weighted by molar-refractivity contribution is 0.0944. The molecule has 1 heterocycles. The molecule has 1 N–H and O–H groups in total. The molecule has 0 radical (unpaired) electrons. The van der Waals surface area contributed by atoms with E-state index in [0.717, 1.165) is 32.7 Å². The highest BCUT2D eigenvalue weighted by Crippen LogP contribution is 2.44. The number of hydrogen-bond acceptors (Lipinski definition) is 4. The van der Waals surface area contributed by atoms with Crippen LogP contribution in [0.3, 0.4) is 0 Å².